The Bertz CT molecular complexity index is 395. The fourth-order valence-corrected chi connectivity index (χ4v) is 1.37. The summed E-state index contributed by atoms with van der Waals surface area (Å²) in [7, 11) is 0. The second-order valence-corrected chi connectivity index (χ2v) is 3.10. The summed E-state index contributed by atoms with van der Waals surface area (Å²) < 4.78 is 5.28. The van der Waals surface area contributed by atoms with E-state index in [4.69, 9.17) is 10.2 Å². The minimum absolute atomic E-state index is 0.642. The average molecular weight is 188 g/mol. The van der Waals surface area contributed by atoms with E-state index >= 15 is 0 Å². The molecule has 0 saturated carbocycles. The Hall–Kier alpha value is -1.61. The van der Waals surface area contributed by atoms with E-state index in [9.17, 15) is 0 Å². The molecule has 0 amide bonds. The molecule has 0 aliphatic carbocycles. The Labute approximate surface area is 82.6 Å². The van der Waals surface area contributed by atoms with E-state index in [1.165, 1.54) is 0 Å². The minimum Gasteiger partial charge on any atom is -0.464 e. The molecule has 3 nitrogen and oxygen atoms in total. The van der Waals surface area contributed by atoms with Gasteiger partial charge in [0.1, 0.15) is 5.76 Å². The lowest BCUT2D eigenvalue weighted by Crippen LogP contribution is -2.02. The third-order valence-corrected chi connectivity index (χ3v) is 2.03. The number of hydrogen-bond acceptors (Lipinski definition) is 3. The Morgan fingerprint density at radius 1 is 1.36 bits per heavy atom. The van der Waals surface area contributed by atoms with Gasteiger partial charge < -0.3 is 10.2 Å². The van der Waals surface area contributed by atoms with Gasteiger partial charge in [-0.3, -0.25) is 4.98 Å². The molecule has 0 atom stereocenters. The number of pyridine rings is 1. The largest absolute Gasteiger partial charge is 0.464 e. The lowest BCUT2D eigenvalue weighted by molar-refractivity contribution is 0.582. The molecule has 0 aromatic carbocycles. The third kappa shape index (κ3) is 1.83. The molecule has 14 heavy (non-hydrogen) atoms. The average Bonchev–Trinajstić information content (AvgIpc) is 2.71. The predicted octanol–water partition coefficient (Wildman–Crippen LogP) is 1.84. The first kappa shape index (κ1) is 8.97. The van der Waals surface area contributed by atoms with Gasteiger partial charge in [0.25, 0.3) is 0 Å². The summed E-state index contributed by atoms with van der Waals surface area (Å²) in [4.78, 5) is 4.14. The van der Waals surface area contributed by atoms with Crippen molar-refractivity contribution in [3.8, 4) is 11.3 Å². The van der Waals surface area contributed by atoms with E-state index in [1.54, 1.807) is 12.5 Å². The second kappa shape index (κ2) is 4.07. The van der Waals surface area contributed by atoms with Gasteiger partial charge in [-0.2, -0.15) is 0 Å². The summed E-state index contributed by atoms with van der Waals surface area (Å²) >= 11 is 0. The molecule has 0 fully saturated rings. The van der Waals surface area contributed by atoms with Crippen LogP contribution in [-0.4, -0.2) is 11.5 Å². The van der Waals surface area contributed by atoms with Gasteiger partial charge in [-0.1, -0.05) is 0 Å². The van der Waals surface area contributed by atoms with E-state index in [-0.39, 0.29) is 0 Å². The van der Waals surface area contributed by atoms with Crippen molar-refractivity contribution in [3.63, 3.8) is 0 Å². The molecule has 2 heterocycles. The molecule has 3 heteroatoms. The van der Waals surface area contributed by atoms with Gasteiger partial charge in [-0.05, 0) is 36.7 Å². The number of aromatic nitrogens is 1. The van der Waals surface area contributed by atoms with Gasteiger partial charge in [-0.25, -0.2) is 0 Å². The molecular weight excluding hydrogens is 176 g/mol. The first-order chi connectivity index (χ1) is 6.90. The van der Waals surface area contributed by atoms with E-state index < -0.39 is 0 Å². The highest BCUT2D eigenvalue weighted by molar-refractivity contribution is 5.56. The summed E-state index contributed by atoms with van der Waals surface area (Å²) in [6.45, 7) is 0.642. The van der Waals surface area contributed by atoms with E-state index in [0.29, 0.717) is 6.54 Å². The SMILES string of the molecule is NCCc1cncc(-c2ccco2)c1. The van der Waals surface area contributed by atoms with Crippen molar-refractivity contribution >= 4 is 0 Å². The lowest BCUT2D eigenvalue weighted by atomic mass is 10.1. The van der Waals surface area contributed by atoms with Gasteiger partial charge in [0, 0.05) is 18.0 Å². The van der Waals surface area contributed by atoms with E-state index in [1.807, 2.05) is 18.3 Å². The first-order valence-electron chi connectivity index (χ1n) is 4.58. The highest BCUT2D eigenvalue weighted by Crippen LogP contribution is 2.19. The molecule has 72 valence electrons. The molecule has 2 aromatic rings. The maximum Gasteiger partial charge on any atom is 0.135 e. The molecule has 0 spiro atoms. The van der Waals surface area contributed by atoms with E-state index in [0.717, 1.165) is 23.3 Å². The van der Waals surface area contributed by atoms with Crippen LogP contribution in [0.4, 0.5) is 0 Å². The van der Waals surface area contributed by atoms with Crippen molar-refractivity contribution in [2.75, 3.05) is 6.54 Å². The molecule has 0 unspecified atom stereocenters. The van der Waals surface area contributed by atoms with Gasteiger partial charge in [0.05, 0.1) is 6.26 Å². The zero-order valence-corrected chi connectivity index (χ0v) is 7.81. The van der Waals surface area contributed by atoms with Crippen LogP contribution in [-0.2, 0) is 6.42 Å². The first-order valence-corrected chi connectivity index (χ1v) is 4.58. The van der Waals surface area contributed by atoms with Crippen molar-refractivity contribution in [3.05, 3.63) is 42.4 Å². The highest BCUT2D eigenvalue weighted by Gasteiger charge is 2.01. The summed E-state index contributed by atoms with van der Waals surface area (Å²) in [5.74, 6) is 0.844. The summed E-state index contributed by atoms with van der Waals surface area (Å²) in [5.41, 5.74) is 7.62. The normalized spacial score (nSPS) is 10.4. The van der Waals surface area contributed by atoms with Crippen LogP contribution in [0.2, 0.25) is 0 Å². The number of hydrogen-bond donors (Lipinski definition) is 1. The molecule has 0 aliphatic heterocycles. The lowest BCUT2D eigenvalue weighted by Gasteiger charge is -2.00. The second-order valence-electron chi connectivity index (χ2n) is 3.10. The van der Waals surface area contributed by atoms with Crippen LogP contribution in [0.25, 0.3) is 11.3 Å². The summed E-state index contributed by atoms with van der Waals surface area (Å²) in [6.07, 6.45) is 6.13. The standard InChI is InChI=1S/C11H12N2O/c12-4-3-9-6-10(8-13-7-9)11-2-1-5-14-11/h1-2,5-8H,3-4,12H2. The molecule has 0 aliphatic rings. The molecule has 0 saturated heterocycles. The topological polar surface area (TPSA) is 52.0 Å². The van der Waals surface area contributed by atoms with Crippen molar-refractivity contribution in [2.45, 2.75) is 6.42 Å². The van der Waals surface area contributed by atoms with Crippen molar-refractivity contribution < 1.29 is 4.42 Å². The van der Waals surface area contributed by atoms with Crippen LogP contribution in [0.5, 0.6) is 0 Å². The zero-order valence-electron chi connectivity index (χ0n) is 7.81. The van der Waals surface area contributed by atoms with Gasteiger partial charge >= 0.3 is 0 Å². The monoisotopic (exact) mass is 188 g/mol. The maximum atomic E-state index is 5.48. The van der Waals surface area contributed by atoms with Crippen molar-refractivity contribution in [1.82, 2.24) is 4.98 Å². The van der Waals surface area contributed by atoms with Crippen LogP contribution in [0.3, 0.4) is 0 Å². The minimum atomic E-state index is 0.642. The number of rotatable bonds is 3. The smallest absolute Gasteiger partial charge is 0.135 e. The molecular formula is C11H12N2O. The summed E-state index contributed by atoms with van der Waals surface area (Å²) in [6, 6.07) is 5.84. The number of nitrogens with zero attached hydrogens (tertiary/aromatic N) is 1. The molecule has 0 bridgehead atoms. The maximum absolute atomic E-state index is 5.48. The Morgan fingerprint density at radius 3 is 3.00 bits per heavy atom. The highest BCUT2D eigenvalue weighted by atomic mass is 16.3. The fourth-order valence-electron chi connectivity index (χ4n) is 1.37. The zero-order chi connectivity index (χ0) is 9.80. The van der Waals surface area contributed by atoms with Gasteiger partial charge in [0.15, 0.2) is 0 Å². The Kier molecular flexibility index (Phi) is 2.60. The molecule has 2 N–H and O–H groups in total. The number of furan rings is 1. The van der Waals surface area contributed by atoms with Crippen LogP contribution >= 0.6 is 0 Å². The fraction of sp³-hybridized carbons (Fsp3) is 0.182. The molecule has 2 aromatic heterocycles. The van der Waals surface area contributed by atoms with Crippen molar-refractivity contribution in [2.24, 2.45) is 5.73 Å². The van der Waals surface area contributed by atoms with E-state index in [2.05, 4.69) is 11.1 Å². The van der Waals surface area contributed by atoms with Crippen molar-refractivity contribution in [1.29, 1.82) is 0 Å². The Balaban J connectivity index is 2.31. The van der Waals surface area contributed by atoms with Gasteiger partial charge in [-0.15, -0.1) is 0 Å². The third-order valence-electron chi connectivity index (χ3n) is 2.03. The number of nitrogens with two attached hydrogens (primary N) is 1. The summed E-state index contributed by atoms with van der Waals surface area (Å²) in [5, 5.41) is 0. The molecule has 2 rings (SSSR count). The van der Waals surface area contributed by atoms with Gasteiger partial charge in [0.2, 0.25) is 0 Å². The Morgan fingerprint density at radius 2 is 2.29 bits per heavy atom. The quantitative estimate of drug-likeness (QED) is 0.799. The molecule has 0 radical (unpaired) electrons. The van der Waals surface area contributed by atoms with Crippen LogP contribution < -0.4 is 5.73 Å². The van der Waals surface area contributed by atoms with Crippen LogP contribution in [0.15, 0.2) is 41.3 Å². The van der Waals surface area contributed by atoms with Crippen LogP contribution in [0.1, 0.15) is 5.56 Å². The predicted molar refractivity (Wildman–Crippen MR) is 54.7 cm³/mol. The van der Waals surface area contributed by atoms with Crippen LogP contribution in [0, 0.1) is 0 Å².